The molecule has 5 nitrogen and oxygen atoms in total. The number of ether oxygens (including phenoxy) is 1. The van der Waals surface area contributed by atoms with E-state index in [4.69, 9.17) is 16.3 Å². The molecule has 140 valence electrons. The van der Waals surface area contributed by atoms with Gasteiger partial charge in [-0.25, -0.2) is 8.42 Å². The second kappa shape index (κ2) is 7.86. The second-order valence-electron chi connectivity index (χ2n) is 6.41. The Kier molecular flexibility index (Phi) is 5.75. The topological polar surface area (TPSA) is 58.6 Å². The Balaban J connectivity index is 1.64. The van der Waals surface area contributed by atoms with Gasteiger partial charge in [-0.2, -0.15) is 4.31 Å². The van der Waals surface area contributed by atoms with Crippen LogP contribution < -0.4 is 10.1 Å². The lowest BCUT2D eigenvalue weighted by Gasteiger charge is -2.32. The van der Waals surface area contributed by atoms with E-state index in [-0.39, 0.29) is 6.04 Å². The summed E-state index contributed by atoms with van der Waals surface area (Å²) in [6.45, 7) is 2.96. The first-order valence-corrected chi connectivity index (χ1v) is 10.4. The highest BCUT2D eigenvalue weighted by molar-refractivity contribution is 7.89. The number of rotatable bonds is 5. The minimum absolute atomic E-state index is 0.231. The van der Waals surface area contributed by atoms with Crippen LogP contribution in [0.5, 0.6) is 5.75 Å². The molecule has 0 amide bonds. The Labute approximate surface area is 160 Å². The number of halogens is 1. The highest BCUT2D eigenvalue weighted by atomic mass is 35.5. The van der Waals surface area contributed by atoms with Gasteiger partial charge in [0.2, 0.25) is 10.0 Å². The van der Waals surface area contributed by atoms with Crippen molar-refractivity contribution in [3.8, 4) is 5.75 Å². The van der Waals surface area contributed by atoms with Crippen molar-refractivity contribution in [2.45, 2.75) is 30.7 Å². The molecule has 1 aliphatic heterocycles. The number of benzene rings is 2. The number of hydrogen-bond acceptors (Lipinski definition) is 4. The maximum atomic E-state index is 12.8. The number of methoxy groups -OCH3 is 1. The number of sulfonamides is 1. The van der Waals surface area contributed by atoms with E-state index in [2.05, 4.69) is 5.32 Å². The first-order valence-electron chi connectivity index (χ1n) is 8.57. The van der Waals surface area contributed by atoms with E-state index < -0.39 is 10.0 Å². The largest absolute Gasteiger partial charge is 0.497 e. The molecule has 7 heteroatoms. The molecule has 0 atom stereocenters. The zero-order chi connectivity index (χ0) is 18.7. The Morgan fingerprint density at radius 1 is 1.12 bits per heavy atom. The molecular formula is C19H23ClN2O3S. The van der Waals surface area contributed by atoms with Crippen molar-refractivity contribution < 1.29 is 13.2 Å². The average Bonchev–Trinajstić information content (AvgIpc) is 2.66. The zero-order valence-corrected chi connectivity index (χ0v) is 16.5. The van der Waals surface area contributed by atoms with Crippen molar-refractivity contribution in [1.82, 2.24) is 4.31 Å². The molecule has 0 spiro atoms. The van der Waals surface area contributed by atoms with Crippen molar-refractivity contribution in [2.24, 2.45) is 0 Å². The number of hydrogen-bond donors (Lipinski definition) is 1. The van der Waals surface area contributed by atoms with Gasteiger partial charge in [0.25, 0.3) is 0 Å². The van der Waals surface area contributed by atoms with Crippen LogP contribution >= 0.6 is 11.6 Å². The molecule has 26 heavy (non-hydrogen) atoms. The van der Waals surface area contributed by atoms with Crippen LogP contribution in [0, 0.1) is 6.92 Å². The maximum Gasteiger partial charge on any atom is 0.243 e. The molecule has 3 rings (SSSR count). The Bertz CT molecular complexity index is 861. The highest BCUT2D eigenvalue weighted by Crippen LogP contribution is 2.27. The predicted octanol–water partition coefficient (Wildman–Crippen LogP) is 3.92. The number of piperidine rings is 1. The first kappa shape index (κ1) is 19.0. The Morgan fingerprint density at radius 2 is 1.77 bits per heavy atom. The third kappa shape index (κ3) is 3.98. The van der Waals surface area contributed by atoms with Crippen molar-refractivity contribution in [3.05, 3.63) is 53.1 Å². The van der Waals surface area contributed by atoms with Gasteiger partial charge in [-0.1, -0.05) is 17.7 Å². The molecule has 0 aromatic heterocycles. The summed E-state index contributed by atoms with van der Waals surface area (Å²) in [5.74, 6) is 0.642. The van der Waals surface area contributed by atoms with E-state index in [1.54, 1.807) is 35.7 Å². The minimum Gasteiger partial charge on any atom is -0.497 e. The molecule has 0 saturated carbocycles. The summed E-state index contributed by atoms with van der Waals surface area (Å²) in [7, 11) is -1.91. The molecule has 1 fully saturated rings. The normalized spacial score (nSPS) is 16.4. The third-order valence-electron chi connectivity index (χ3n) is 4.78. The monoisotopic (exact) mass is 394 g/mol. The van der Waals surface area contributed by atoms with Gasteiger partial charge in [0.05, 0.1) is 12.0 Å². The van der Waals surface area contributed by atoms with Crippen molar-refractivity contribution in [3.63, 3.8) is 0 Å². The van der Waals surface area contributed by atoms with Crippen LogP contribution in [0.25, 0.3) is 0 Å². The van der Waals surface area contributed by atoms with Crippen LogP contribution in [0.1, 0.15) is 18.4 Å². The molecule has 1 N–H and O–H groups in total. The summed E-state index contributed by atoms with van der Waals surface area (Å²) < 4.78 is 32.2. The Morgan fingerprint density at radius 3 is 2.38 bits per heavy atom. The van der Waals surface area contributed by atoms with Gasteiger partial charge in [-0.3, -0.25) is 0 Å². The Hall–Kier alpha value is -1.76. The second-order valence-corrected chi connectivity index (χ2v) is 8.76. The summed E-state index contributed by atoms with van der Waals surface area (Å²) in [6.07, 6.45) is 1.50. The van der Waals surface area contributed by atoms with Gasteiger partial charge in [0.15, 0.2) is 0 Å². The van der Waals surface area contributed by atoms with E-state index in [1.807, 2.05) is 25.1 Å². The summed E-state index contributed by atoms with van der Waals surface area (Å²) in [5, 5.41) is 4.23. The quantitative estimate of drug-likeness (QED) is 0.834. The van der Waals surface area contributed by atoms with Gasteiger partial charge in [-0.05, 0) is 61.7 Å². The molecule has 1 saturated heterocycles. The summed E-state index contributed by atoms with van der Waals surface area (Å²) in [5.41, 5.74) is 2.02. The predicted molar refractivity (Wildman–Crippen MR) is 105 cm³/mol. The lowest BCUT2D eigenvalue weighted by Crippen LogP contribution is -2.42. The van der Waals surface area contributed by atoms with E-state index in [9.17, 15) is 8.42 Å². The van der Waals surface area contributed by atoms with Gasteiger partial charge in [0, 0.05) is 29.8 Å². The van der Waals surface area contributed by atoms with Gasteiger partial charge >= 0.3 is 0 Å². The van der Waals surface area contributed by atoms with Crippen molar-refractivity contribution in [1.29, 1.82) is 0 Å². The lowest BCUT2D eigenvalue weighted by atomic mass is 10.1. The summed E-state index contributed by atoms with van der Waals surface area (Å²) in [6, 6.07) is 12.5. The van der Waals surface area contributed by atoms with E-state index in [0.717, 1.165) is 29.1 Å². The van der Waals surface area contributed by atoms with E-state index in [0.29, 0.717) is 23.7 Å². The lowest BCUT2D eigenvalue weighted by molar-refractivity contribution is 0.329. The van der Waals surface area contributed by atoms with Crippen molar-refractivity contribution in [2.75, 3.05) is 25.5 Å². The number of nitrogens with zero attached hydrogens (tertiary/aromatic N) is 1. The number of anilines is 1. The highest BCUT2D eigenvalue weighted by Gasteiger charge is 2.29. The fourth-order valence-corrected chi connectivity index (χ4v) is 4.77. The molecule has 0 aliphatic carbocycles. The van der Waals surface area contributed by atoms with E-state index in [1.165, 1.54) is 0 Å². The fourth-order valence-electron chi connectivity index (χ4n) is 3.12. The molecule has 2 aromatic rings. The smallest absolute Gasteiger partial charge is 0.243 e. The van der Waals surface area contributed by atoms with Crippen LogP contribution in [0.4, 0.5) is 5.69 Å². The minimum atomic E-state index is -3.47. The first-order chi connectivity index (χ1) is 12.4. The standard InChI is InChI=1S/C19H23ClN2O3S/c1-14-18(20)4-3-5-19(14)21-15-10-12-22(13-11-15)26(23,24)17-8-6-16(25-2)7-9-17/h3-9,15,21H,10-13H2,1-2H3. The van der Waals surface area contributed by atoms with Gasteiger partial charge < -0.3 is 10.1 Å². The van der Waals surface area contributed by atoms with Gasteiger partial charge in [-0.15, -0.1) is 0 Å². The maximum absolute atomic E-state index is 12.8. The van der Waals surface area contributed by atoms with Crippen LogP contribution in [0.3, 0.4) is 0 Å². The molecule has 0 bridgehead atoms. The van der Waals surface area contributed by atoms with Crippen LogP contribution in [0.2, 0.25) is 5.02 Å². The third-order valence-corrected chi connectivity index (χ3v) is 7.10. The SMILES string of the molecule is COc1ccc(S(=O)(=O)N2CCC(Nc3cccc(Cl)c3C)CC2)cc1. The van der Waals surface area contributed by atoms with E-state index >= 15 is 0 Å². The molecule has 0 radical (unpaired) electrons. The molecule has 1 heterocycles. The van der Waals surface area contributed by atoms with Crippen molar-refractivity contribution >= 4 is 27.3 Å². The average molecular weight is 395 g/mol. The summed E-state index contributed by atoms with van der Waals surface area (Å²) in [4.78, 5) is 0.301. The summed E-state index contributed by atoms with van der Waals surface area (Å²) >= 11 is 6.17. The molecule has 1 aliphatic rings. The molecule has 0 unspecified atom stereocenters. The fraction of sp³-hybridized carbons (Fsp3) is 0.368. The zero-order valence-electron chi connectivity index (χ0n) is 14.9. The van der Waals surface area contributed by atoms with Crippen LogP contribution in [-0.2, 0) is 10.0 Å². The number of nitrogens with one attached hydrogen (secondary N) is 1. The van der Waals surface area contributed by atoms with Crippen LogP contribution in [0.15, 0.2) is 47.4 Å². The molecule has 2 aromatic carbocycles. The van der Waals surface area contributed by atoms with Gasteiger partial charge in [0.1, 0.15) is 5.75 Å². The molecular weight excluding hydrogens is 372 g/mol. The van der Waals surface area contributed by atoms with Crippen LogP contribution in [-0.4, -0.2) is 39.0 Å².